The number of hydrogen-bond acceptors (Lipinski definition) is 2. The first-order valence-corrected chi connectivity index (χ1v) is 6.94. The maximum Gasteiger partial charge on any atom is 0.0865 e. The summed E-state index contributed by atoms with van der Waals surface area (Å²) in [6, 6.07) is 8.28. The van der Waals surface area contributed by atoms with Gasteiger partial charge in [-0.15, -0.1) is 0 Å². The van der Waals surface area contributed by atoms with Crippen LogP contribution in [0.25, 0.3) is 10.9 Å². The van der Waals surface area contributed by atoms with Crippen LogP contribution >= 0.6 is 11.6 Å². The van der Waals surface area contributed by atoms with E-state index < -0.39 is 0 Å². The molecule has 20 heavy (non-hydrogen) atoms. The molecular formula is C15H17ClN4. The molecule has 0 fully saturated rings. The third-order valence-corrected chi connectivity index (χ3v) is 4.16. The molecule has 0 spiro atoms. The molecule has 0 aliphatic carbocycles. The number of nitrogens with two attached hydrogens (primary N) is 1. The summed E-state index contributed by atoms with van der Waals surface area (Å²) >= 11 is 6.33. The molecule has 4 nitrogen and oxygen atoms in total. The summed E-state index contributed by atoms with van der Waals surface area (Å²) in [4.78, 5) is 0. The maximum absolute atomic E-state index is 6.33. The van der Waals surface area contributed by atoms with Gasteiger partial charge in [0.05, 0.1) is 23.0 Å². The Morgan fingerprint density at radius 2 is 2.05 bits per heavy atom. The molecule has 0 aliphatic heterocycles. The summed E-state index contributed by atoms with van der Waals surface area (Å²) in [5.41, 5.74) is 10.0. The Morgan fingerprint density at radius 3 is 2.70 bits per heavy atom. The average Bonchev–Trinajstić information content (AvgIpc) is 2.92. The van der Waals surface area contributed by atoms with Crippen LogP contribution in [0, 0.1) is 6.92 Å². The zero-order valence-electron chi connectivity index (χ0n) is 11.6. The van der Waals surface area contributed by atoms with E-state index in [0.29, 0.717) is 13.1 Å². The average molecular weight is 289 g/mol. The molecule has 1 aromatic carbocycles. The number of rotatable bonds is 3. The predicted molar refractivity (Wildman–Crippen MR) is 81.9 cm³/mol. The molecule has 0 radical (unpaired) electrons. The normalized spacial score (nSPS) is 11.4. The second kappa shape index (κ2) is 4.96. The van der Waals surface area contributed by atoms with Crippen molar-refractivity contribution in [1.82, 2.24) is 14.3 Å². The minimum absolute atomic E-state index is 0.533. The van der Waals surface area contributed by atoms with Gasteiger partial charge in [0.25, 0.3) is 0 Å². The van der Waals surface area contributed by atoms with Gasteiger partial charge in [-0.25, -0.2) is 0 Å². The molecular weight excluding hydrogens is 272 g/mol. The number of para-hydroxylation sites is 1. The van der Waals surface area contributed by atoms with Crippen LogP contribution in [0.15, 0.2) is 30.5 Å². The summed E-state index contributed by atoms with van der Waals surface area (Å²) in [5, 5.41) is 6.30. The molecule has 2 aromatic heterocycles. The minimum Gasteiger partial charge on any atom is -0.341 e. The number of aryl methyl sites for hydroxylation is 2. The van der Waals surface area contributed by atoms with Crippen LogP contribution in [-0.2, 0) is 20.1 Å². The summed E-state index contributed by atoms with van der Waals surface area (Å²) in [6.45, 7) is 3.15. The highest BCUT2D eigenvalue weighted by atomic mass is 35.5. The molecule has 0 bridgehead atoms. The van der Waals surface area contributed by atoms with Crippen LogP contribution in [0.5, 0.6) is 0 Å². The monoisotopic (exact) mass is 288 g/mol. The van der Waals surface area contributed by atoms with Crippen molar-refractivity contribution in [2.45, 2.75) is 20.0 Å². The van der Waals surface area contributed by atoms with Crippen molar-refractivity contribution in [3.63, 3.8) is 0 Å². The number of hydrogen-bond donors (Lipinski definition) is 1. The SMILES string of the molecule is Cc1nn(C)c(Cn2cc(CN)c3ccccc32)c1Cl. The molecule has 3 rings (SSSR count). The van der Waals surface area contributed by atoms with Gasteiger partial charge in [-0.05, 0) is 18.6 Å². The lowest BCUT2D eigenvalue weighted by Gasteiger charge is -2.06. The van der Waals surface area contributed by atoms with Crippen molar-refractivity contribution < 1.29 is 0 Å². The van der Waals surface area contributed by atoms with Crippen LogP contribution in [0.2, 0.25) is 5.02 Å². The Bertz CT molecular complexity index is 770. The van der Waals surface area contributed by atoms with Crippen molar-refractivity contribution in [3.8, 4) is 0 Å². The quantitative estimate of drug-likeness (QED) is 0.806. The molecule has 104 valence electrons. The van der Waals surface area contributed by atoms with Crippen molar-refractivity contribution in [2.24, 2.45) is 12.8 Å². The summed E-state index contributed by atoms with van der Waals surface area (Å²) in [6.07, 6.45) is 2.10. The summed E-state index contributed by atoms with van der Waals surface area (Å²) in [7, 11) is 1.92. The largest absolute Gasteiger partial charge is 0.341 e. The van der Waals surface area contributed by atoms with Crippen LogP contribution in [0.3, 0.4) is 0 Å². The zero-order chi connectivity index (χ0) is 14.3. The second-order valence-corrected chi connectivity index (χ2v) is 5.35. The fourth-order valence-corrected chi connectivity index (χ4v) is 2.85. The number of halogens is 1. The van der Waals surface area contributed by atoms with E-state index in [1.54, 1.807) is 0 Å². The van der Waals surface area contributed by atoms with Crippen LogP contribution in [0.1, 0.15) is 17.0 Å². The summed E-state index contributed by atoms with van der Waals surface area (Å²) in [5.74, 6) is 0. The topological polar surface area (TPSA) is 48.8 Å². The Morgan fingerprint density at radius 1 is 1.30 bits per heavy atom. The highest BCUT2D eigenvalue weighted by molar-refractivity contribution is 6.31. The second-order valence-electron chi connectivity index (χ2n) is 4.97. The van der Waals surface area contributed by atoms with E-state index in [-0.39, 0.29) is 0 Å². The van der Waals surface area contributed by atoms with Gasteiger partial charge in [0, 0.05) is 30.7 Å². The molecule has 0 amide bonds. The predicted octanol–water partition coefficient (Wildman–Crippen LogP) is 2.84. The molecule has 0 saturated heterocycles. The van der Waals surface area contributed by atoms with E-state index in [9.17, 15) is 0 Å². The summed E-state index contributed by atoms with van der Waals surface area (Å²) < 4.78 is 4.02. The highest BCUT2D eigenvalue weighted by Gasteiger charge is 2.14. The molecule has 5 heteroatoms. The van der Waals surface area contributed by atoms with Gasteiger partial charge in [0.15, 0.2) is 0 Å². The van der Waals surface area contributed by atoms with E-state index in [4.69, 9.17) is 17.3 Å². The van der Waals surface area contributed by atoms with Crippen LogP contribution < -0.4 is 5.73 Å². The number of benzene rings is 1. The maximum atomic E-state index is 6.33. The Hall–Kier alpha value is -1.78. The minimum atomic E-state index is 0.533. The Labute approximate surface area is 122 Å². The molecule has 3 aromatic rings. The third-order valence-electron chi connectivity index (χ3n) is 3.67. The molecule has 0 unspecified atom stereocenters. The van der Waals surface area contributed by atoms with Gasteiger partial charge in [-0.3, -0.25) is 4.68 Å². The van der Waals surface area contributed by atoms with Crippen molar-refractivity contribution >= 4 is 22.5 Å². The van der Waals surface area contributed by atoms with Crippen LogP contribution in [0.4, 0.5) is 0 Å². The highest BCUT2D eigenvalue weighted by Crippen LogP contribution is 2.25. The van der Waals surface area contributed by atoms with Gasteiger partial charge in [0.2, 0.25) is 0 Å². The molecule has 0 saturated carbocycles. The number of fused-ring (bicyclic) bond motifs is 1. The molecule has 2 N–H and O–H groups in total. The zero-order valence-corrected chi connectivity index (χ0v) is 12.4. The molecule has 0 aliphatic rings. The number of nitrogens with zero attached hydrogens (tertiary/aromatic N) is 3. The van der Waals surface area contributed by atoms with Gasteiger partial charge < -0.3 is 10.3 Å². The van der Waals surface area contributed by atoms with E-state index in [2.05, 4.69) is 28.0 Å². The van der Waals surface area contributed by atoms with Gasteiger partial charge in [0.1, 0.15) is 0 Å². The van der Waals surface area contributed by atoms with E-state index in [1.807, 2.05) is 30.8 Å². The standard InChI is InChI=1S/C15H17ClN4/c1-10-15(16)14(19(2)18-10)9-20-8-11(7-17)12-5-3-4-6-13(12)20/h3-6,8H,7,9,17H2,1-2H3. The third kappa shape index (κ3) is 2.01. The first-order chi connectivity index (χ1) is 9.61. The fourth-order valence-electron chi connectivity index (χ4n) is 2.63. The molecule has 2 heterocycles. The lowest BCUT2D eigenvalue weighted by molar-refractivity contribution is 0.672. The molecule has 0 atom stereocenters. The Kier molecular flexibility index (Phi) is 3.28. The van der Waals surface area contributed by atoms with Crippen LogP contribution in [-0.4, -0.2) is 14.3 Å². The fraction of sp³-hybridized carbons (Fsp3) is 0.267. The smallest absolute Gasteiger partial charge is 0.0865 e. The van der Waals surface area contributed by atoms with Crippen molar-refractivity contribution in [1.29, 1.82) is 0 Å². The van der Waals surface area contributed by atoms with E-state index >= 15 is 0 Å². The van der Waals surface area contributed by atoms with E-state index in [1.165, 1.54) is 10.9 Å². The first kappa shape index (κ1) is 13.2. The van der Waals surface area contributed by atoms with E-state index in [0.717, 1.165) is 22.0 Å². The lowest BCUT2D eigenvalue weighted by Crippen LogP contribution is -2.05. The van der Waals surface area contributed by atoms with Crippen molar-refractivity contribution in [3.05, 3.63) is 52.4 Å². The van der Waals surface area contributed by atoms with Gasteiger partial charge in [-0.1, -0.05) is 29.8 Å². The lowest BCUT2D eigenvalue weighted by atomic mass is 10.2. The number of aromatic nitrogens is 3. The first-order valence-electron chi connectivity index (χ1n) is 6.56. The van der Waals surface area contributed by atoms with Gasteiger partial charge >= 0.3 is 0 Å². The Balaban J connectivity index is 2.11. The van der Waals surface area contributed by atoms with Gasteiger partial charge in [-0.2, -0.15) is 5.10 Å². The van der Waals surface area contributed by atoms with Crippen molar-refractivity contribution in [2.75, 3.05) is 0 Å².